The summed E-state index contributed by atoms with van der Waals surface area (Å²) < 4.78 is 1.61. The minimum Gasteiger partial charge on any atom is -0.302 e. The Labute approximate surface area is 96.8 Å². The number of thiocarbonyl (C=S) groups is 1. The number of nitrogens with zero attached hydrogens (tertiary/aromatic N) is 3. The summed E-state index contributed by atoms with van der Waals surface area (Å²) in [7, 11) is 0. The number of carbonyl (C=O) groups excluding carboxylic acids is 1. The lowest BCUT2D eigenvalue weighted by molar-refractivity contribution is -0.117. The van der Waals surface area contributed by atoms with Crippen LogP contribution >= 0.6 is 24.0 Å². The molecule has 1 amide bonds. The number of nitrogens with one attached hydrogen (secondary N) is 2. The Morgan fingerprint density at radius 3 is 2.73 bits per heavy atom. The van der Waals surface area contributed by atoms with E-state index in [1.54, 1.807) is 11.6 Å². The number of thioether (sulfide) groups is 1. The van der Waals surface area contributed by atoms with Crippen LogP contribution in [0.25, 0.3) is 0 Å². The van der Waals surface area contributed by atoms with Crippen molar-refractivity contribution in [3.05, 3.63) is 5.82 Å². The molecule has 0 saturated carbocycles. The number of hydrogen-bond acceptors (Lipinski definition) is 5. The quantitative estimate of drug-likeness (QED) is 0.576. The molecular formula is C7H11N5OS2. The monoisotopic (exact) mass is 245 g/mol. The lowest BCUT2D eigenvalue weighted by Crippen LogP contribution is -2.37. The zero-order valence-electron chi connectivity index (χ0n) is 8.57. The molecule has 0 aliphatic heterocycles. The molecule has 15 heavy (non-hydrogen) atoms. The molecule has 0 unspecified atom stereocenters. The van der Waals surface area contributed by atoms with Gasteiger partial charge in [0.05, 0.1) is 0 Å². The molecule has 6 nitrogen and oxygen atoms in total. The van der Waals surface area contributed by atoms with E-state index in [0.717, 1.165) is 0 Å². The van der Waals surface area contributed by atoms with Gasteiger partial charge in [-0.3, -0.25) is 10.2 Å². The number of hydrogen-bond donors (Lipinski definition) is 2. The summed E-state index contributed by atoms with van der Waals surface area (Å²) in [6.45, 7) is 3.18. The Morgan fingerprint density at radius 1 is 1.53 bits per heavy atom. The predicted octanol–water partition coefficient (Wildman–Crippen LogP) is 0.273. The van der Waals surface area contributed by atoms with Gasteiger partial charge in [0.15, 0.2) is 5.11 Å². The SMILES string of the molecule is CSc1nnc(C)n1NC(=S)NC(C)=O. The highest BCUT2D eigenvalue weighted by atomic mass is 32.2. The highest BCUT2D eigenvalue weighted by molar-refractivity contribution is 7.98. The molecule has 1 rings (SSSR count). The number of amides is 1. The van der Waals surface area contributed by atoms with Gasteiger partial charge in [0.25, 0.3) is 0 Å². The molecular weight excluding hydrogens is 234 g/mol. The second-order valence-electron chi connectivity index (χ2n) is 2.69. The third-order valence-corrected chi connectivity index (χ3v) is 2.30. The molecule has 0 fully saturated rings. The van der Waals surface area contributed by atoms with Crippen LogP contribution in [0.15, 0.2) is 5.16 Å². The van der Waals surface area contributed by atoms with Gasteiger partial charge < -0.3 is 5.32 Å². The van der Waals surface area contributed by atoms with E-state index in [9.17, 15) is 4.79 Å². The fraction of sp³-hybridized carbons (Fsp3) is 0.429. The maximum Gasteiger partial charge on any atom is 0.223 e. The molecule has 8 heteroatoms. The summed E-state index contributed by atoms with van der Waals surface area (Å²) in [6.07, 6.45) is 1.88. The molecule has 82 valence electrons. The molecule has 0 aliphatic rings. The standard InChI is InChI=1S/C7H11N5OS2/c1-4-9-10-7(15-3)12(4)11-6(14)8-5(2)13/h1-3H3,(H2,8,11,13,14). The van der Waals surface area contributed by atoms with Crippen molar-refractivity contribution in [2.75, 3.05) is 11.7 Å². The van der Waals surface area contributed by atoms with Crippen molar-refractivity contribution >= 4 is 35.0 Å². The van der Waals surface area contributed by atoms with Crippen molar-refractivity contribution < 1.29 is 4.79 Å². The third kappa shape index (κ3) is 3.17. The summed E-state index contributed by atoms with van der Waals surface area (Å²) in [4.78, 5) is 10.7. The molecule has 0 saturated heterocycles. The molecule has 0 aromatic carbocycles. The van der Waals surface area contributed by atoms with Gasteiger partial charge in [-0.1, -0.05) is 11.8 Å². The van der Waals surface area contributed by atoms with Crippen molar-refractivity contribution in [3.63, 3.8) is 0 Å². The fourth-order valence-electron chi connectivity index (χ4n) is 0.893. The minimum atomic E-state index is -0.219. The number of rotatable bonds is 2. The molecule has 0 spiro atoms. The Kier molecular flexibility index (Phi) is 4.04. The Balaban J connectivity index is 2.75. The van der Waals surface area contributed by atoms with Crippen LogP contribution in [0.1, 0.15) is 12.7 Å². The van der Waals surface area contributed by atoms with Gasteiger partial charge in [0.2, 0.25) is 11.1 Å². The molecule has 1 aromatic rings. The Morgan fingerprint density at radius 2 is 2.20 bits per heavy atom. The van der Waals surface area contributed by atoms with Gasteiger partial charge in [0.1, 0.15) is 5.82 Å². The maximum atomic E-state index is 10.7. The molecule has 0 aliphatic carbocycles. The van der Waals surface area contributed by atoms with Crippen LogP contribution in [-0.4, -0.2) is 32.1 Å². The largest absolute Gasteiger partial charge is 0.302 e. The van der Waals surface area contributed by atoms with Crippen LogP contribution < -0.4 is 10.7 Å². The average molecular weight is 245 g/mol. The molecule has 0 bridgehead atoms. The number of aryl methyl sites for hydroxylation is 1. The van der Waals surface area contributed by atoms with E-state index in [1.165, 1.54) is 18.7 Å². The smallest absolute Gasteiger partial charge is 0.223 e. The number of aromatic nitrogens is 3. The molecule has 1 aromatic heterocycles. The first-order valence-corrected chi connectivity index (χ1v) is 5.72. The predicted molar refractivity (Wildman–Crippen MR) is 62.3 cm³/mol. The van der Waals surface area contributed by atoms with E-state index < -0.39 is 0 Å². The summed E-state index contributed by atoms with van der Waals surface area (Å²) >= 11 is 6.35. The van der Waals surface area contributed by atoms with Crippen molar-refractivity contribution in [3.8, 4) is 0 Å². The second-order valence-corrected chi connectivity index (χ2v) is 3.87. The van der Waals surface area contributed by atoms with Crippen molar-refractivity contribution in [2.24, 2.45) is 0 Å². The topological polar surface area (TPSA) is 71.8 Å². The molecule has 0 radical (unpaired) electrons. The van der Waals surface area contributed by atoms with Gasteiger partial charge in [-0.2, -0.15) is 0 Å². The fourth-order valence-corrected chi connectivity index (χ4v) is 1.61. The van der Waals surface area contributed by atoms with Crippen molar-refractivity contribution in [2.45, 2.75) is 19.0 Å². The van der Waals surface area contributed by atoms with Gasteiger partial charge in [-0.15, -0.1) is 10.2 Å². The minimum absolute atomic E-state index is 0.219. The summed E-state index contributed by atoms with van der Waals surface area (Å²) in [5, 5.41) is 11.1. The highest BCUT2D eigenvalue weighted by Gasteiger charge is 2.08. The molecule has 0 atom stereocenters. The van der Waals surface area contributed by atoms with Gasteiger partial charge in [0, 0.05) is 6.92 Å². The Bertz CT molecular complexity index is 389. The zero-order chi connectivity index (χ0) is 11.4. The van der Waals surface area contributed by atoms with E-state index in [2.05, 4.69) is 20.9 Å². The first-order valence-electron chi connectivity index (χ1n) is 4.09. The highest BCUT2D eigenvalue weighted by Crippen LogP contribution is 2.10. The first kappa shape index (κ1) is 11.9. The normalized spacial score (nSPS) is 9.80. The van der Waals surface area contributed by atoms with Gasteiger partial charge >= 0.3 is 0 Å². The summed E-state index contributed by atoms with van der Waals surface area (Å²) in [5.74, 6) is 0.455. The van der Waals surface area contributed by atoms with Crippen molar-refractivity contribution in [1.29, 1.82) is 0 Å². The van der Waals surface area contributed by atoms with Crippen LogP contribution in [0.2, 0.25) is 0 Å². The van der Waals surface area contributed by atoms with Crippen LogP contribution in [0.4, 0.5) is 0 Å². The second kappa shape index (κ2) is 5.08. The lowest BCUT2D eigenvalue weighted by atomic mass is 10.7. The van der Waals surface area contributed by atoms with E-state index >= 15 is 0 Å². The summed E-state index contributed by atoms with van der Waals surface area (Å²) in [6, 6.07) is 0. The Hall–Kier alpha value is -1.15. The van der Waals surface area contributed by atoms with E-state index in [-0.39, 0.29) is 11.0 Å². The van der Waals surface area contributed by atoms with Crippen LogP contribution in [0.5, 0.6) is 0 Å². The van der Waals surface area contributed by atoms with E-state index in [1.807, 2.05) is 6.26 Å². The van der Waals surface area contributed by atoms with Crippen LogP contribution in [0.3, 0.4) is 0 Å². The maximum absolute atomic E-state index is 10.7. The zero-order valence-corrected chi connectivity index (χ0v) is 10.2. The first-order chi connectivity index (χ1) is 7.04. The van der Waals surface area contributed by atoms with Crippen LogP contribution in [0, 0.1) is 6.92 Å². The number of carbonyl (C=O) groups is 1. The van der Waals surface area contributed by atoms with E-state index in [0.29, 0.717) is 11.0 Å². The van der Waals surface area contributed by atoms with E-state index in [4.69, 9.17) is 12.2 Å². The van der Waals surface area contributed by atoms with Gasteiger partial charge in [-0.05, 0) is 25.4 Å². The lowest BCUT2D eigenvalue weighted by Gasteiger charge is -2.10. The average Bonchev–Trinajstić information content (AvgIpc) is 2.46. The van der Waals surface area contributed by atoms with Gasteiger partial charge in [-0.25, -0.2) is 4.68 Å². The van der Waals surface area contributed by atoms with Crippen LogP contribution in [-0.2, 0) is 4.79 Å². The summed E-state index contributed by atoms with van der Waals surface area (Å²) in [5.41, 5.74) is 2.81. The van der Waals surface area contributed by atoms with Crippen molar-refractivity contribution in [1.82, 2.24) is 20.2 Å². The molecule has 2 N–H and O–H groups in total. The third-order valence-electron chi connectivity index (χ3n) is 1.48. The molecule has 1 heterocycles.